The van der Waals surface area contributed by atoms with E-state index in [1.807, 2.05) is 66.9 Å². The third-order valence-corrected chi connectivity index (χ3v) is 3.70. The van der Waals surface area contributed by atoms with E-state index in [0.29, 0.717) is 12.4 Å². The fourth-order valence-electron chi connectivity index (χ4n) is 2.49. The Morgan fingerprint density at radius 2 is 2.04 bits per heavy atom. The van der Waals surface area contributed by atoms with Crippen molar-refractivity contribution in [1.82, 2.24) is 19.9 Å². The second-order valence-corrected chi connectivity index (χ2v) is 5.55. The number of carbonyl (C=O) groups excluding carboxylic acids is 1. The Balaban J connectivity index is 1.63. The van der Waals surface area contributed by atoms with Crippen molar-refractivity contribution in [2.75, 3.05) is 6.61 Å². The van der Waals surface area contributed by atoms with Gasteiger partial charge in [0.25, 0.3) is 0 Å². The minimum atomic E-state index is -0.255. The van der Waals surface area contributed by atoms with Crippen molar-refractivity contribution in [3.05, 3.63) is 66.1 Å². The number of aromatic nitrogens is 3. The van der Waals surface area contributed by atoms with E-state index in [4.69, 9.17) is 4.74 Å². The molecule has 6 nitrogen and oxygen atoms in total. The Kier molecular flexibility index (Phi) is 5.09. The Morgan fingerprint density at radius 1 is 1.24 bits per heavy atom. The zero-order valence-electron chi connectivity index (χ0n) is 14.2. The summed E-state index contributed by atoms with van der Waals surface area (Å²) in [5.41, 5.74) is 1.68. The number of hydrogen-bond donors (Lipinski definition) is 1. The zero-order valence-corrected chi connectivity index (χ0v) is 14.2. The highest BCUT2D eigenvalue weighted by Gasteiger charge is 2.14. The number of pyridine rings is 1. The minimum Gasteiger partial charge on any atom is -0.494 e. The number of carbonyl (C=O) groups is 1. The van der Waals surface area contributed by atoms with Gasteiger partial charge in [-0.3, -0.25) is 9.20 Å². The van der Waals surface area contributed by atoms with Crippen LogP contribution in [-0.2, 0) is 4.79 Å². The molecular formula is C19H20N4O2. The molecule has 1 atom stereocenters. The maximum atomic E-state index is 12.1. The van der Waals surface area contributed by atoms with Gasteiger partial charge in [0.1, 0.15) is 5.75 Å². The van der Waals surface area contributed by atoms with Crippen LogP contribution in [0.5, 0.6) is 5.75 Å². The minimum absolute atomic E-state index is 0.186. The lowest BCUT2D eigenvalue weighted by Gasteiger charge is -2.10. The lowest BCUT2D eigenvalue weighted by Crippen LogP contribution is -2.26. The molecule has 25 heavy (non-hydrogen) atoms. The van der Waals surface area contributed by atoms with Gasteiger partial charge in [-0.15, -0.1) is 10.2 Å². The summed E-state index contributed by atoms with van der Waals surface area (Å²) in [7, 11) is 0. The van der Waals surface area contributed by atoms with Gasteiger partial charge in [0.2, 0.25) is 5.91 Å². The molecule has 1 unspecified atom stereocenters. The average molecular weight is 336 g/mol. The summed E-state index contributed by atoms with van der Waals surface area (Å²) in [5.74, 6) is 1.32. The normalized spacial score (nSPS) is 12.4. The molecule has 1 aromatic carbocycles. The van der Waals surface area contributed by atoms with Crippen LogP contribution in [0.2, 0.25) is 0 Å². The third kappa shape index (κ3) is 4.03. The van der Waals surface area contributed by atoms with Crippen LogP contribution in [0.15, 0.2) is 54.7 Å². The monoisotopic (exact) mass is 336 g/mol. The Hall–Kier alpha value is -3.15. The number of nitrogens with zero attached hydrogens (tertiary/aromatic N) is 3. The summed E-state index contributed by atoms with van der Waals surface area (Å²) in [6.07, 6.45) is 5.15. The van der Waals surface area contributed by atoms with Crippen LogP contribution in [0.3, 0.4) is 0 Å². The molecule has 0 spiro atoms. The van der Waals surface area contributed by atoms with E-state index in [1.165, 1.54) is 6.08 Å². The lowest BCUT2D eigenvalue weighted by atomic mass is 10.2. The second kappa shape index (κ2) is 7.61. The Morgan fingerprint density at radius 3 is 2.80 bits per heavy atom. The van der Waals surface area contributed by atoms with Gasteiger partial charge in [-0.25, -0.2) is 0 Å². The Bertz CT molecular complexity index is 884. The largest absolute Gasteiger partial charge is 0.494 e. The molecule has 1 amide bonds. The van der Waals surface area contributed by atoms with Crippen LogP contribution in [0.25, 0.3) is 11.7 Å². The highest BCUT2D eigenvalue weighted by atomic mass is 16.5. The number of fused-ring (bicyclic) bond motifs is 1. The van der Waals surface area contributed by atoms with Crippen molar-refractivity contribution < 1.29 is 9.53 Å². The van der Waals surface area contributed by atoms with Crippen LogP contribution in [-0.4, -0.2) is 27.1 Å². The van der Waals surface area contributed by atoms with Gasteiger partial charge >= 0.3 is 0 Å². The molecular weight excluding hydrogens is 316 g/mol. The molecule has 6 heteroatoms. The smallest absolute Gasteiger partial charge is 0.244 e. The summed E-state index contributed by atoms with van der Waals surface area (Å²) in [6.45, 7) is 4.46. The molecule has 0 fully saturated rings. The number of rotatable bonds is 6. The van der Waals surface area contributed by atoms with E-state index in [1.54, 1.807) is 6.08 Å². The molecule has 0 saturated heterocycles. The first-order valence-electron chi connectivity index (χ1n) is 8.18. The van der Waals surface area contributed by atoms with Crippen LogP contribution < -0.4 is 10.1 Å². The molecule has 0 aliphatic carbocycles. The maximum Gasteiger partial charge on any atom is 0.244 e. The fourth-order valence-corrected chi connectivity index (χ4v) is 2.49. The molecule has 0 saturated carbocycles. The van der Waals surface area contributed by atoms with E-state index in [0.717, 1.165) is 17.0 Å². The third-order valence-electron chi connectivity index (χ3n) is 3.70. The maximum absolute atomic E-state index is 12.1. The fraction of sp³-hybridized carbons (Fsp3) is 0.211. The first-order chi connectivity index (χ1) is 12.2. The number of hydrogen-bond acceptors (Lipinski definition) is 4. The Labute approximate surface area is 146 Å². The summed E-state index contributed by atoms with van der Waals surface area (Å²) in [4.78, 5) is 12.1. The molecule has 128 valence electrons. The van der Waals surface area contributed by atoms with Crippen molar-refractivity contribution in [2.24, 2.45) is 0 Å². The zero-order chi connectivity index (χ0) is 17.6. The van der Waals surface area contributed by atoms with Crippen molar-refractivity contribution in [2.45, 2.75) is 19.9 Å². The predicted molar refractivity (Wildman–Crippen MR) is 96.2 cm³/mol. The van der Waals surface area contributed by atoms with Crippen LogP contribution >= 0.6 is 0 Å². The van der Waals surface area contributed by atoms with Crippen molar-refractivity contribution >= 4 is 17.6 Å². The number of ether oxygens (including phenoxy) is 1. The molecule has 2 aromatic heterocycles. The highest BCUT2D eigenvalue weighted by molar-refractivity contribution is 5.91. The van der Waals surface area contributed by atoms with E-state index in [-0.39, 0.29) is 11.9 Å². The molecule has 1 N–H and O–H groups in total. The SMILES string of the molecule is CCOc1ccc(/C=C/C(=O)NC(C)c2nnc3ccccn23)cc1. The standard InChI is InChI=1S/C19H20N4O2/c1-3-25-16-10-7-15(8-11-16)9-12-18(24)20-14(2)19-22-21-17-6-4-5-13-23(17)19/h4-14H,3H2,1-2H3,(H,20,24)/b12-9+. The van der Waals surface area contributed by atoms with Gasteiger partial charge in [-0.05, 0) is 49.8 Å². The highest BCUT2D eigenvalue weighted by Crippen LogP contribution is 2.14. The van der Waals surface area contributed by atoms with Gasteiger partial charge in [-0.1, -0.05) is 18.2 Å². The number of amides is 1. The average Bonchev–Trinajstić information content (AvgIpc) is 3.05. The van der Waals surface area contributed by atoms with E-state index < -0.39 is 0 Å². The summed E-state index contributed by atoms with van der Waals surface area (Å²) >= 11 is 0. The number of nitrogens with one attached hydrogen (secondary N) is 1. The quantitative estimate of drug-likeness (QED) is 0.703. The number of benzene rings is 1. The molecule has 3 aromatic rings. The summed E-state index contributed by atoms with van der Waals surface area (Å²) < 4.78 is 7.26. The van der Waals surface area contributed by atoms with E-state index in [2.05, 4.69) is 15.5 Å². The van der Waals surface area contributed by atoms with Gasteiger partial charge in [-0.2, -0.15) is 0 Å². The molecule has 0 aliphatic rings. The van der Waals surface area contributed by atoms with Gasteiger partial charge < -0.3 is 10.1 Å². The van der Waals surface area contributed by atoms with Gasteiger partial charge in [0.15, 0.2) is 11.5 Å². The lowest BCUT2D eigenvalue weighted by molar-refractivity contribution is -0.117. The van der Waals surface area contributed by atoms with Crippen LogP contribution in [0.4, 0.5) is 0 Å². The van der Waals surface area contributed by atoms with Crippen molar-refractivity contribution in [1.29, 1.82) is 0 Å². The summed E-state index contributed by atoms with van der Waals surface area (Å²) in [6, 6.07) is 13.0. The van der Waals surface area contributed by atoms with Gasteiger partial charge in [0, 0.05) is 12.3 Å². The topological polar surface area (TPSA) is 68.5 Å². The van der Waals surface area contributed by atoms with Crippen LogP contribution in [0.1, 0.15) is 31.3 Å². The van der Waals surface area contributed by atoms with Crippen molar-refractivity contribution in [3.8, 4) is 5.75 Å². The van der Waals surface area contributed by atoms with E-state index >= 15 is 0 Å². The molecule has 3 rings (SSSR count). The van der Waals surface area contributed by atoms with Crippen molar-refractivity contribution in [3.63, 3.8) is 0 Å². The van der Waals surface area contributed by atoms with Crippen LogP contribution in [0, 0.1) is 0 Å². The first kappa shape index (κ1) is 16.7. The molecule has 0 bridgehead atoms. The molecule has 2 heterocycles. The van der Waals surface area contributed by atoms with Gasteiger partial charge in [0.05, 0.1) is 12.6 Å². The molecule has 0 aliphatic heterocycles. The second-order valence-electron chi connectivity index (χ2n) is 5.55. The first-order valence-corrected chi connectivity index (χ1v) is 8.18. The summed E-state index contributed by atoms with van der Waals surface area (Å²) in [5, 5.41) is 11.2. The molecule has 0 radical (unpaired) electrons. The predicted octanol–water partition coefficient (Wildman–Crippen LogP) is 3.02. The van der Waals surface area contributed by atoms with E-state index in [9.17, 15) is 4.79 Å².